The van der Waals surface area contributed by atoms with E-state index < -0.39 is 0 Å². The van der Waals surface area contributed by atoms with Gasteiger partial charge in [-0.2, -0.15) is 0 Å². The summed E-state index contributed by atoms with van der Waals surface area (Å²) in [6.07, 6.45) is 6.65. The van der Waals surface area contributed by atoms with Crippen molar-refractivity contribution in [2.45, 2.75) is 25.4 Å². The number of benzene rings is 1. The summed E-state index contributed by atoms with van der Waals surface area (Å²) in [5.74, 6) is 0.456. The smallest absolute Gasteiger partial charge is 0.257 e. The van der Waals surface area contributed by atoms with Gasteiger partial charge in [0.05, 0.1) is 11.7 Å². The van der Waals surface area contributed by atoms with Crippen LogP contribution in [0.4, 0.5) is 11.6 Å². The number of nitrogens with one attached hydrogen (secondary N) is 1. The van der Waals surface area contributed by atoms with Crippen molar-refractivity contribution in [3.63, 3.8) is 0 Å². The fraction of sp³-hybridized carbons (Fsp3) is 0.476. The summed E-state index contributed by atoms with van der Waals surface area (Å²) in [5.41, 5.74) is 1.43. The Hall–Kier alpha value is -2.51. The van der Waals surface area contributed by atoms with Gasteiger partial charge >= 0.3 is 0 Å². The number of likely N-dealkylation sites (tertiary alicyclic amines) is 1. The summed E-state index contributed by atoms with van der Waals surface area (Å²) in [6, 6.07) is 9.73. The molecule has 1 aromatic heterocycles. The number of carbonyl (C=O) groups excluding carboxylic acids is 1. The van der Waals surface area contributed by atoms with Crippen LogP contribution < -0.4 is 5.32 Å². The molecule has 1 amide bonds. The molecular formula is C21H27N5O2. The van der Waals surface area contributed by atoms with E-state index in [-0.39, 0.29) is 12.0 Å². The summed E-state index contributed by atoms with van der Waals surface area (Å²) >= 11 is 0. The number of aromatic nitrogens is 2. The standard InChI is InChI=1S/C21H27N5O2/c27-20(17-13-22-21(23-14-17)24-18-7-2-1-3-8-18)26-11-6-12-28-19(16-26)15-25-9-4-5-10-25/h1-3,7-8,13-14,19H,4-6,9-12,15-16H2,(H,22,23,24)/t19-/m0/s1. The van der Waals surface area contributed by atoms with Crippen molar-refractivity contribution in [2.75, 3.05) is 44.6 Å². The molecule has 0 saturated carbocycles. The van der Waals surface area contributed by atoms with Crippen LogP contribution in [0.3, 0.4) is 0 Å². The lowest BCUT2D eigenvalue weighted by molar-refractivity contribution is 0.0297. The third-order valence-corrected chi connectivity index (χ3v) is 5.23. The minimum atomic E-state index is -0.0248. The molecule has 2 aromatic rings. The number of carbonyl (C=O) groups is 1. The first-order chi connectivity index (χ1) is 13.8. The Kier molecular flexibility index (Phi) is 6.14. The van der Waals surface area contributed by atoms with E-state index in [1.807, 2.05) is 35.2 Å². The van der Waals surface area contributed by atoms with E-state index in [0.717, 1.165) is 31.7 Å². The van der Waals surface area contributed by atoms with Gasteiger partial charge in [-0.25, -0.2) is 9.97 Å². The van der Waals surface area contributed by atoms with Crippen LogP contribution in [0.15, 0.2) is 42.7 Å². The Morgan fingerprint density at radius 3 is 2.57 bits per heavy atom. The highest BCUT2D eigenvalue weighted by atomic mass is 16.5. The van der Waals surface area contributed by atoms with Gasteiger partial charge in [0.1, 0.15) is 0 Å². The molecule has 0 radical (unpaired) electrons. The lowest BCUT2D eigenvalue weighted by Crippen LogP contribution is -2.41. The summed E-state index contributed by atoms with van der Waals surface area (Å²) in [6.45, 7) is 5.21. The third-order valence-electron chi connectivity index (χ3n) is 5.23. The van der Waals surface area contributed by atoms with Crippen molar-refractivity contribution < 1.29 is 9.53 Å². The minimum absolute atomic E-state index is 0.0248. The van der Waals surface area contributed by atoms with Gasteiger partial charge in [-0.3, -0.25) is 4.79 Å². The van der Waals surface area contributed by atoms with Crippen LogP contribution in [0.5, 0.6) is 0 Å². The molecule has 0 unspecified atom stereocenters. The SMILES string of the molecule is O=C(c1cnc(Nc2ccccc2)nc1)N1CCCO[C@@H](CN2CCCC2)C1. The van der Waals surface area contributed by atoms with Crippen LogP contribution in [0.2, 0.25) is 0 Å². The highest BCUT2D eigenvalue weighted by Crippen LogP contribution is 2.16. The van der Waals surface area contributed by atoms with E-state index in [4.69, 9.17) is 4.74 Å². The molecule has 0 spiro atoms. The van der Waals surface area contributed by atoms with Gasteiger partial charge in [-0.15, -0.1) is 0 Å². The number of nitrogens with zero attached hydrogens (tertiary/aromatic N) is 4. The van der Waals surface area contributed by atoms with Crippen LogP contribution in [0, 0.1) is 0 Å². The predicted molar refractivity (Wildman–Crippen MR) is 108 cm³/mol. The average Bonchev–Trinajstić information content (AvgIpc) is 3.13. The second-order valence-electron chi connectivity index (χ2n) is 7.39. The van der Waals surface area contributed by atoms with Gasteiger partial charge in [0, 0.05) is 44.3 Å². The quantitative estimate of drug-likeness (QED) is 0.858. The van der Waals surface area contributed by atoms with Crippen molar-refractivity contribution in [3.8, 4) is 0 Å². The van der Waals surface area contributed by atoms with Gasteiger partial charge in [-0.1, -0.05) is 18.2 Å². The molecule has 0 bridgehead atoms. The largest absolute Gasteiger partial charge is 0.375 e. The molecule has 7 heteroatoms. The minimum Gasteiger partial charge on any atom is -0.375 e. The highest BCUT2D eigenvalue weighted by Gasteiger charge is 2.26. The molecular weight excluding hydrogens is 354 g/mol. The molecule has 148 valence electrons. The van der Waals surface area contributed by atoms with Crippen LogP contribution in [0.25, 0.3) is 0 Å². The van der Waals surface area contributed by atoms with Crippen LogP contribution in [-0.4, -0.2) is 71.1 Å². The van der Waals surface area contributed by atoms with E-state index in [2.05, 4.69) is 20.2 Å². The van der Waals surface area contributed by atoms with Crippen LogP contribution in [0.1, 0.15) is 29.6 Å². The molecule has 2 aliphatic rings. The second-order valence-corrected chi connectivity index (χ2v) is 7.39. The molecule has 2 fully saturated rings. The summed E-state index contributed by atoms with van der Waals surface area (Å²) in [4.78, 5) is 25.9. The Labute approximate surface area is 165 Å². The van der Waals surface area contributed by atoms with Crippen molar-refractivity contribution in [1.82, 2.24) is 19.8 Å². The maximum atomic E-state index is 13.0. The van der Waals surface area contributed by atoms with Crippen LogP contribution >= 0.6 is 0 Å². The van der Waals surface area contributed by atoms with Crippen molar-refractivity contribution >= 4 is 17.5 Å². The topological polar surface area (TPSA) is 70.6 Å². The Balaban J connectivity index is 1.38. The van der Waals surface area contributed by atoms with E-state index in [1.165, 1.54) is 12.8 Å². The normalized spacial score (nSPS) is 20.7. The van der Waals surface area contributed by atoms with Crippen LogP contribution in [-0.2, 0) is 4.74 Å². The third kappa shape index (κ3) is 4.85. The summed E-state index contributed by atoms with van der Waals surface area (Å²) in [5, 5.41) is 3.13. The molecule has 28 heavy (non-hydrogen) atoms. The first-order valence-electron chi connectivity index (χ1n) is 10.1. The van der Waals surface area contributed by atoms with E-state index in [9.17, 15) is 4.79 Å². The number of anilines is 2. The second kappa shape index (κ2) is 9.12. The number of hydrogen-bond acceptors (Lipinski definition) is 6. The van der Waals surface area contributed by atoms with Crippen molar-refractivity contribution in [3.05, 3.63) is 48.3 Å². The summed E-state index contributed by atoms with van der Waals surface area (Å²) in [7, 11) is 0. The fourth-order valence-corrected chi connectivity index (χ4v) is 3.78. The zero-order chi connectivity index (χ0) is 19.2. The van der Waals surface area contributed by atoms with Gasteiger partial charge in [0.15, 0.2) is 0 Å². The number of para-hydroxylation sites is 1. The zero-order valence-electron chi connectivity index (χ0n) is 16.1. The van der Waals surface area contributed by atoms with Gasteiger partial charge < -0.3 is 19.9 Å². The lowest BCUT2D eigenvalue weighted by atomic mass is 10.2. The van der Waals surface area contributed by atoms with E-state index in [1.54, 1.807) is 12.4 Å². The molecule has 1 N–H and O–H groups in total. The highest BCUT2D eigenvalue weighted by molar-refractivity contribution is 5.93. The Bertz CT molecular complexity index is 762. The maximum absolute atomic E-state index is 13.0. The number of amides is 1. The van der Waals surface area contributed by atoms with Gasteiger partial charge in [0.2, 0.25) is 5.95 Å². The summed E-state index contributed by atoms with van der Waals surface area (Å²) < 4.78 is 5.99. The molecule has 4 rings (SSSR count). The van der Waals surface area contributed by atoms with Crippen molar-refractivity contribution in [2.24, 2.45) is 0 Å². The number of rotatable bonds is 5. The molecule has 1 aromatic carbocycles. The van der Waals surface area contributed by atoms with Crippen molar-refractivity contribution in [1.29, 1.82) is 0 Å². The molecule has 7 nitrogen and oxygen atoms in total. The fourth-order valence-electron chi connectivity index (χ4n) is 3.78. The average molecular weight is 381 g/mol. The maximum Gasteiger partial charge on any atom is 0.257 e. The first-order valence-corrected chi connectivity index (χ1v) is 10.1. The Morgan fingerprint density at radius 1 is 1.07 bits per heavy atom. The molecule has 2 aliphatic heterocycles. The molecule has 1 atom stereocenters. The zero-order valence-corrected chi connectivity index (χ0v) is 16.1. The number of hydrogen-bond donors (Lipinski definition) is 1. The van der Waals surface area contributed by atoms with E-state index in [0.29, 0.717) is 31.2 Å². The number of ether oxygens (including phenoxy) is 1. The predicted octanol–water partition coefficient (Wildman–Crippen LogP) is 2.55. The molecule has 0 aliphatic carbocycles. The Morgan fingerprint density at radius 2 is 1.82 bits per heavy atom. The van der Waals surface area contributed by atoms with E-state index >= 15 is 0 Å². The molecule has 3 heterocycles. The molecule has 2 saturated heterocycles. The van der Waals surface area contributed by atoms with Gasteiger partial charge in [0.25, 0.3) is 5.91 Å². The van der Waals surface area contributed by atoms with Gasteiger partial charge in [-0.05, 0) is 44.5 Å². The lowest BCUT2D eigenvalue weighted by Gasteiger charge is -2.27. The monoisotopic (exact) mass is 381 g/mol. The first kappa shape index (κ1) is 18.8.